The first kappa shape index (κ1) is 21.9. The number of para-hydroxylation sites is 1. The molecule has 5 rings (SSSR count). The van der Waals surface area contributed by atoms with E-state index in [1.165, 1.54) is 0 Å². The molecule has 3 heterocycles. The second-order valence-corrected chi connectivity index (χ2v) is 9.95. The van der Waals surface area contributed by atoms with Gasteiger partial charge in [-0.2, -0.15) is 0 Å². The van der Waals surface area contributed by atoms with Gasteiger partial charge in [0.25, 0.3) is 5.91 Å². The number of methoxy groups -OCH3 is 1. The lowest BCUT2D eigenvalue weighted by Gasteiger charge is -2.43. The number of thiazole rings is 1. The molecule has 3 aliphatic rings. The second kappa shape index (κ2) is 9.17. The van der Waals surface area contributed by atoms with E-state index in [1.54, 1.807) is 18.4 Å². The number of benzene rings is 1. The number of carbonyl (C=O) groups excluding carboxylic acids is 2. The van der Waals surface area contributed by atoms with Crippen molar-refractivity contribution >= 4 is 23.2 Å². The third kappa shape index (κ3) is 4.12. The predicted molar refractivity (Wildman–Crippen MR) is 127 cm³/mol. The minimum Gasteiger partial charge on any atom is -0.496 e. The standard InChI is InChI=1S/C25H30N4O3S/c1-15-14-33-21(27-15)11-12-22(30)29-19-9-5-4-8-17(19)28-18-13-26-25(31)23(18)24(29)16-7-3-6-10-20(16)32-2/h3,6-7,10,14,17,19,24,28H,4-5,8-9,11-13H2,1-2H3,(H,26,31)/t17-,19-,24-/m1/s1. The van der Waals surface area contributed by atoms with Crippen LogP contribution in [0.2, 0.25) is 0 Å². The summed E-state index contributed by atoms with van der Waals surface area (Å²) in [5, 5.41) is 9.63. The summed E-state index contributed by atoms with van der Waals surface area (Å²) in [5.41, 5.74) is 3.40. The van der Waals surface area contributed by atoms with E-state index in [1.807, 2.05) is 41.5 Å². The summed E-state index contributed by atoms with van der Waals surface area (Å²) >= 11 is 1.60. The zero-order chi connectivity index (χ0) is 22.9. The topological polar surface area (TPSA) is 83.6 Å². The third-order valence-corrected chi connectivity index (χ3v) is 7.96. The van der Waals surface area contributed by atoms with E-state index in [4.69, 9.17) is 4.74 Å². The van der Waals surface area contributed by atoms with Crippen molar-refractivity contribution < 1.29 is 14.3 Å². The maximum atomic E-state index is 13.9. The number of nitrogens with one attached hydrogen (secondary N) is 2. The van der Waals surface area contributed by atoms with Crippen LogP contribution in [0.4, 0.5) is 0 Å². The molecule has 2 aliphatic heterocycles. The van der Waals surface area contributed by atoms with Crippen molar-refractivity contribution in [3.8, 4) is 5.75 Å². The smallest absolute Gasteiger partial charge is 0.251 e. The number of hydrogen-bond acceptors (Lipinski definition) is 6. The molecular formula is C25H30N4O3S. The summed E-state index contributed by atoms with van der Waals surface area (Å²) in [7, 11) is 1.64. The van der Waals surface area contributed by atoms with Crippen molar-refractivity contribution in [3.63, 3.8) is 0 Å². The summed E-state index contributed by atoms with van der Waals surface area (Å²) in [5.74, 6) is 0.642. The molecule has 3 atom stereocenters. The van der Waals surface area contributed by atoms with E-state index in [0.29, 0.717) is 30.7 Å². The van der Waals surface area contributed by atoms with Crippen LogP contribution >= 0.6 is 11.3 Å². The molecule has 33 heavy (non-hydrogen) atoms. The quantitative estimate of drug-likeness (QED) is 0.707. The highest BCUT2D eigenvalue weighted by Gasteiger charge is 2.46. The first-order chi connectivity index (χ1) is 16.1. The maximum absolute atomic E-state index is 13.9. The first-order valence-corrected chi connectivity index (χ1v) is 12.6. The zero-order valence-electron chi connectivity index (χ0n) is 19.1. The van der Waals surface area contributed by atoms with Gasteiger partial charge in [-0.1, -0.05) is 31.0 Å². The molecule has 1 aliphatic carbocycles. The van der Waals surface area contributed by atoms with Crippen molar-refractivity contribution in [2.24, 2.45) is 0 Å². The SMILES string of the molecule is COc1ccccc1[C@@H]1C2=C(CNC2=O)N[C@@H]2CCCC[C@H]2N1C(=O)CCc1nc(C)cs1. The molecule has 2 aromatic rings. The zero-order valence-corrected chi connectivity index (χ0v) is 19.9. The van der Waals surface area contributed by atoms with Gasteiger partial charge in [-0.3, -0.25) is 9.59 Å². The number of amides is 2. The average Bonchev–Trinajstić information content (AvgIpc) is 3.37. The molecular weight excluding hydrogens is 436 g/mol. The van der Waals surface area contributed by atoms with Crippen LogP contribution in [0.15, 0.2) is 40.9 Å². The van der Waals surface area contributed by atoms with Crippen molar-refractivity contribution in [2.45, 2.75) is 63.6 Å². The average molecular weight is 467 g/mol. The van der Waals surface area contributed by atoms with Gasteiger partial charge in [-0.25, -0.2) is 4.98 Å². The van der Waals surface area contributed by atoms with E-state index >= 15 is 0 Å². The van der Waals surface area contributed by atoms with Crippen molar-refractivity contribution in [2.75, 3.05) is 13.7 Å². The number of aryl methyl sites for hydroxylation is 2. The maximum Gasteiger partial charge on any atom is 0.251 e. The van der Waals surface area contributed by atoms with E-state index in [9.17, 15) is 9.59 Å². The van der Waals surface area contributed by atoms with Gasteiger partial charge < -0.3 is 20.3 Å². The van der Waals surface area contributed by atoms with Gasteiger partial charge in [0.15, 0.2) is 0 Å². The molecule has 174 valence electrons. The lowest BCUT2D eigenvalue weighted by atomic mass is 9.87. The van der Waals surface area contributed by atoms with E-state index < -0.39 is 6.04 Å². The number of hydrogen-bond donors (Lipinski definition) is 2. The fourth-order valence-corrected chi connectivity index (χ4v) is 6.24. The number of rotatable bonds is 5. The van der Waals surface area contributed by atoms with Crippen molar-refractivity contribution in [1.82, 2.24) is 20.5 Å². The summed E-state index contributed by atoms with van der Waals surface area (Å²) < 4.78 is 5.70. The van der Waals surface area contributed by atoms with E-state index in [0.717, 1.165) is 47.6 Å². The van der Waals surface area contributed by atoms with Gasteiger partial charge in [0.05, 0.1) is 36.3 Å². The van der Waals surface area contributed by atoms with Crippen LogP contribution < -0.4 is 15.4 Å². The highest BCUT2D eigenvalue weighted by molar-refractivity contribution is 7.09. The number of nitrogens with zero attached hydrogens (tertiary/aromatic N) is 2. The Balaban J connectivity index is 1.59. The van der Waals surface area contributed by atoms with Crippen LogP contribution in [0.3, 0.4) is 0 Å². The molecule has 0 radical (unpaired) electrons. The number of carbonyl (C=O) groups is 2. The predicted octanol–water partition coefficient (Wildman–Crippen LogP) is 3.26. The van der Waals surface area contributed by atoms with Gasteiger partial charge in [0.2, 0.25) is 5.91 Å². The van der Waals surface area contributed by atoms with E-state index in [-0.39, 0.29) is 23.9 Å². The first-order valence-electron chi connectivity index (χ1n) is 11.7. The molecule has 1 aromatic heterocycles. The lowest BCUT2D eigenvalue weighted by Crippen LogP contribution is -2.53. The molecule has 7 nitrogen and oxygen atoms in total. The van der Waals surface area contributed by atoms with E-state index in [2.05, 4.69) is 15.6 Å². The molecule has 0 spiro atoms. The Morgan fingerprint density at radius 2 is 2.09 bits per heavy atom. The Kier molecular flexibility index (Phi) is 6.10. The highest BCUT2D eigenvalue weighted by atomic mass is 32.1. The van der Waals surface area contributed by atoms with Crippen LogP contribution in [-0.2, 0) is 16.0 Å². The van der Waals surface area contributed by atoms with Crippen molar-refractivity contribution in [1.29, 1.82) is 0 Å². The van der Waals surface area contributed by atoms with Gasteiger partial charge in [-0.05, 0) is 25.8 Å². The molecule has 1 saturated carbocycles. The molecule has 0 saturated heterocycles. The molecule has 2 N–H and O–H groups in total. The Morgan fingerprint density at radius 1 is 1.27 bits per heavy atom. The minimum absolute atomic E-state index is 0.0255. The van der Waals surface area contributed by atoms with Crippen LogP contribution in [0.25, 0.3) is 0 Å². The number of aromatic nitrogens is 1. The third-order valence-electron chi connectivity index (χ3n) is 6.93. The monoisotopic (exact) mass is 466 g/mol. The van der Waals surface area contributed by atoms with Crippen LogP contribution in [0.1, 0.15) is 54.4 Å². The minimum atomic E-state index is -0.482. The Morgan fingerprint density at radius 3 is 2.88 bits per heavy atom. The van der Waals surface area contributed by atoms with Crippen LogP contribution in [-0.4, -0.2) is 47.4 Å². The molecule has 0 unspecified atom stereocenters. The number of ether oxygens (including phenoxy) is 1. The lowest BCUT2D eigenvalue weighted by molar-refractivity contribution is -0.137. The van der Waals surface area contributed by atoms with Gasteiger partial charge in [-0.15, -0.1) is 11.3 Å². The molecule has 8 heteroatoms. The van der Waals surface area contributed by atoms with Gasteiger partial charge in [0, 0.05) is 41.2 Å². The molecule has 1 aromatic carbocycles. The summed E-state index contributed by atoms with van der Waals surface area (Å²) in [6.45, 7) is 2.45. The Bertz CT molecular complexity index is 1090. The molecule has 1 fully saturated rings. The Labute approximate surface area is 198 Å². The fourth-order valence-electron chi connectivity index (χ4n) is 5.47. The van der Waals surface area contributed by atoms with Crippen LogP contribution in [0, 0.1) is 6.92 Å². The van der Waals surface area contributed by atoms with Gasteiger partial charge >= 0.3 is 0 Å². The summed E-state index contributed by atoms with van der Waals surface area (Å²) in [4.78, 5) is 33.6. The largest absolute Gasteiger partial charge is 0.496 e. The Hall–Kier alpha value is -2.87. The highest BCUT2D eigenvalue weighted by Crippen LogP contribution is 2.43. The van der Waals surface area contributed by atoms with Crippen LogP contribution in [0.5, 0.6) is 5.75 Å². The molecule has 2 amide bonds. The fraction of sp³-hybridized carbons (Fsp3) is 0.480. The molecule has 0 bridgehead atoms. The number of fused-ring (bicyclic) bond motifs is 1. The second-order valence-electron chi connectivity index (χ2n) is 9.01. The summed E-state index contributed by atoms with van der Waals surface area (Å²) in [6.07, 6.45) is 5.09. The van der Waals surface area contributed by atoms with Crippen molar-refractivity contribution in [3.05, 3.63) is 57.2 Å². The van der Waals surface area contributed by atoms with Gasteiger partial charge in [0.1, 0.15) is 5.75 Å². The summed E-state index contributed by atoms with van der Waals surface area (Å²) in [6, 6.07) is 7.43. The normalized spacial score (nSPS) is 24.5.